The van der Waals surface area contributed by atoms with Crippen LogP contribution in [0.2, 0.25) is 0 Å². The van der Waals surface area contributed by atoms with Gasteiger partial charge in [0.05, 0.1) is 25.6 Å². The molecule has 0 spiro atoms. The Labute approximate surface area is 262 Å². The third kappa shape index (κ3) is 7.64. The number of anilines is 2. The fourth-order valence-electron chi connectivity index (χ4n) is 5.32. The Morgan fingerprint density at radius 2 is 1.18 bits per heavy atom. The van der Waals surface area contributed by atoms with Gasteiger partial charge in [-0.3, -0.25) is 9.59 Å². The van der Waals surface area contributed by atoms with E-state index < -0.39 is 11.8 Å². The Morgan fingerprint density at radius 3 is 1.71 bits per heavy atom. The second-order valence-electron chi connectivity index (χ2n) is 10.8. The van der Waals surface area contributed by atoms with Crippen molar-refractivity contribution in [1.29, 1.82) is 0 Å². The summed E-state index contributed by atoms with van der Waals surface area (Å²) >= 11 is 0. The molecule has 2 fully saturated rings. The predicted octanol–water partition coefficient (Wildman–Crippen LogP) is 4.09. The molecule has 4 aromatic rings. The minimum atomic E-state index is -0.580. The van der Waals surface area contributed by atoms with Gasteiger partial charge in [-0.05, 0) is 62.4 Å². The first kappa shape index (κ1) is 31.2. The number of nitrogens with zero attached hydrogens (tertiary/aromatic N) is 6. The minimum Gasteiger partial charge on any atom is -0.497 e. The van der Waals surface area contributed by atoms with E-state index in [4.69, 9.17) is 20.9 Å². The van der Waals surface area contributed by atoms with Crippen LogP contribution < -0.4 is 30.7 Å². The number of rotatable bonds is 8. The second-order valence-corrected chi connectivity index (χ2v) is 10.8. The standard InChI is InChI=1S/C18H22N4O3.C15H16N4O/c1-24-12-6-7-16(25-2)13(10-12)14-11-15(17(19)23)21-18(20-14)22-8-4-3-5-9-22;16-14(20)13-10-12(11-6-2-1-3-7-11)17-15(18-13)19-8-4-5-9-19/h6-7,10-11H,3-5,8-9H2,1-2H3,(H2,19,23);1-3,6-7,10H,4-5,8-9H2,(H2,16,20). The molecule has 6 rings (SSSR count). The Morgan fingerprint density at radius 1 is 0.644 bits per heavy atom. The molecule has 0 saturated carbocycles. The number of carbonyl (C=O) groups is 2. The first-order valence-corrected chi connectivity index (χ1v) is 15.0. The molecule has 4 N–H and O–H groups in total. The summed E-state index contributed by atoms with van der Waals surface area (Å²) < 4.78 is 10.7. The minimum absolute atomic E-state index is 0.190. The van der Waals surface area contributed by atoms with Gasteiger partial charge in [0.15, 0.2) is 0 Å². The van der Waals surface area contributed by atoms with Crippen molar-refractivity contribution in [3.63, 3.8) is 0 Å². The van der Waals surface area contributed by atoms with Gasteiger partial charge in [0.2, 0.25) is 11.9 Å². The van der Waals surface area contributed by atoms with Gasteiger partial charge in [-0.1, -0.05) is 30.3 Å². The zero-order valence-electron chi connectivity index (χ0n) is 25.6. The van der Waals surface area contributed by atoms with Crippen LogP contribution in [0.15, 0.2) is 60.7 Å². The van der Waals surface area contributed by atoms with Crippen molar-refractivity contribution >= 4 is 23.7 Å². The Bertz CT molecular complexity index is 1640. The Hall–Kier alpha value is -5.26. The van der Waals surface area contributed by atoms with Gasteiger partial charge in [0.25, 0.3) is 11.8 Å². The van der Waals surface area contributed by atoms with Crippen molar-refractivity contribution in [2.45, 2.75) is 32.1 Å². The number of carbonyl (C=O) groups excluding carboxylic acids is 2. The van der Waals surface area contributed by atoms with E-state index in [-0.39, 0.29) is 11.4 Å². The molecular formula is C33H38N8O4. The second kappa shape index (κ2) is 14.5. The Balaban J connectivity index is 0.000000182. The Kier molecular flexibility index (Phi) is 10.0. The maximum absolute atomic E-state index is 11.8. The van der Waals surface area contributed by atoms with Crippen LogP contribution in [-0.2, 0) is 0 Å². The molecule has 2 aromatic carbocycles. The number of primary amides is 2. The van der Waals surface area contributed by atoms with Crippen LogP contribution in [0.1, 0.15) is 53.1 Å². The molecular weight excluding hydrogens is 572 g/mol. The molecule has 4 heterocycles. The first-order chi connectivity index (χ1) is 21.9. The average Bonchev–Trinajstić information content (AvgIpc) is 3.64. The molecule has 0 bridgehead atoms. The van der Waals surface area contributed by atoms with E-state index in [1.165, 1.54) is 6.42 Å². The number of ether oxygens (including phenoxy) is 2. The van der Waals surface area contributed by atoms with Gasteiger partial charge in [-0.25, -0.2) is 19.9 Å². The summed E-state index contributed by atoms with van der Waals surface area (Å²) in [5.41, 5.74) is 14.3. The van der Waals surface area contributed by atoms with Crippen LogP contribution in [0.3, 0.4) is 0 Å². The molecule has 2 aliphatic heterocycles. The molecule has 0 aliphatic carbocycles. The van der Waals surface area contributed by atoms with Crippen molar-refractivity contribution in [3.8, 4) is 34.0 Å². The van der Waals surface area contributed by atoms with E-state index in [9.17, 15) is 9.59 Å². The molecule has 2 aliphatic rings. The molecule has 12 nitrogen and oxygen atoms in total. The summed E-state index contributed by atoms with van der Waals surface area (Å²) in [6, 6.07) is 18.4. The van der Waals surface area contributed by atoms with E-state index in [1.807, 2.05) is 42.5 Å². The molecule has 2 aromatic heterocycles. The largest absolute Gasteiger partial charge is 0.497 e. The monoisotopic (exact) mass is 610 g/mol. The summed E-state index contributed by atoms with van der Waals surface area (Å²) in [6.45, 7) is 3.60. The quantitative estimate of drug-likeness (QED) is 0.297. The van der Waals surface area contributed by atoms with Gasteiger partial charge in [0, 0.05) is 37.3 Å². The van der Waals surface area contributed by atoms with E-state index in [2.05, 4.69) is 29.7 Å². The molecule has 0 unspecified atom stereocenters. The molecule has 234 valence electrons. The number of methoxy groups -OCH3 is 2. The first-order valence-electron chi connectivity index (χ1n) is 15.0. The number of hydrogen-bond donors (Lipinski definition) is 2. The number of nitrogens with two attached hydrogens (primary N) is 2. The van der Waals surface area contributed by atoms with Crippen molar-refractivity contribution < 1.29 is 19.1 Å². The summed E-state index contributed by atoms with van der Waals surface area (Å²) in [7, 11) is 3.19. The van der Waals surface area contributed by atoms with Gasteiger partial charge in [-0.15, -0.1) is 0 Å². The van der Waals surface area contributed by atoms with Gasteiger partial charge in [0.1, 0.15) is 22.9 Å². The van der Waals surface area contributed by atoms with Crippen molar-refractivity contribution in [2.75, 3.05) is 50.2 Å². The number of amides is 2. The number of hydrogen-bond acceptors (Lipinski definition) is 10. The zero-order valence-corrected chi connectivity index (χ0v) is 25.6. The lowest BCUT2D eigenvalue weighted by Gasteiger charge is -2.27. The zero-order chi connectivity index (χ0) is 31.8. The summed E-state index contributed by atoms with van der Waals surface area (Å²) in [6.07, 6.45) is 5.63. The topological polar surface area (TPSA) is 163 Å². The molecule has 0 radical (unpaired) electrons. The van der Waals surface area contributed by atoms with Crippen molar-refractivity contribution in [2.24, 2.45) is 11.5 Å². The number of piperidine rings is 1. The van der Waals surface area contributed by atoms with E-state index in [0.29, 0.717) is 29.1 Å². The van der Waals surface area contributed by atoms with Crippen LogP contribution in [0.4, 0.5) is 11.9 Å². The highest BCUT2D eigenvalue weighted by molar-refractivity contribution is 5.93. The van der Waals surface area contributed by atoms with Crippen LogP contribution in [-0.4, -0.2) is 72.1 Å². The van der Waals surface area contributed by atoms with Crippen LogP contribution in [0.5, 0.6) is 11.5 Å². The molecule has 45 heavy (non-hydrogen) atoms. The normalized spacial score (nSPS) is 14.4. The lowest BCUT2D eigenvalue weighted by atomic mass is 10.1. The van der Waals surface area contributed by atoms with Gasteiger partial charge in [-0.2, -0.15) is 0 Å². The summed E-state index contributed by atoms with van der Waals surface area (Å²) in [4.78, 5) is 45.3. The SMILES string of the molecule is COc1ccc(OC)c(-c2cc(C(N)=O)nc(N3CCCCC3)n2)c1.NC(=O)c1cc(-c2ccccc2)nc(N2CCCC2)n1. The molecule has 2 saturated heterocycles. The third-order valence-electron chi connectivity index (χ3n) is 7.71. The van der Waals surface area contributed by atoms with E-state index in [1.54, 1.807) is 32.4 Å². The fraction of sp³-hybridized carbons (Fsp3) is 0.333. The highest BCUT2D eigenvalue weighted by Crippen LogP contribution is 2.33. The molecule has 2 amide bonds. The molecule has 12 heteroatoms. The smallest absolute Gasteiger partial charge is 0.267 e. The van der Waals surface area contributed by atoms with Crippen LogP contribution >= 0.6 is 0 Å². The number of aromatic nitrogens is 4. The van der Waals surface area contributed by atoms with E-state index in [0.717, 1.165) is 68.7 Å². The fourth-order valence-corrected chi connectivity index (χ4v) is 5.32. The lowest BCUT2D eigenvalue weighted by molar-refractivity contribution is 0.0987. The third-order valence-corrected chi connectivity index (χ3v) is 7.71. The van der Waals surface area contributed by atoms with Crippen LogP contribution in [0, 0.1) is 0 Å². The van der Waals surface area contributed by atoms with Crippen molar-refractivity contribution in [3.05, 3.63) is 72.1 Å². The van der Waals surface area contributed by atoms with Gasteiger partial charge < -0.3 is 30.7 Å². The molecule has 0 atom stereocenters. The lowest BCUT2D eigenvalue weighted by Crippen LogP contribution is -2.31. The maximum atomic E-state index is 11.8. The summed E-state index contributed by atoms with van der Waals surface area (Å²) in [5, 5.41) is 0. The highest BCUT2D eigenvalue weighted by atomic mass is 16.5. The van der Waals surface area contributed by atoms with Crippen molar-refractivity contribution in [1.82, 2.24) is 19.9 Å². The average molecular weight is 611 g/mol. The number of benzene rings is 2. The van der Waals surface area contributed by atoms with Gasteiger partial charge >= 0.3 is 0 Å². The maximum Gasteiger partial charge on any atom is 0.267 e. The predicted molar refractivity (Wildman–Crippen MR) is 173 cm³/mol. The van der Waals surface area contributed by atoms with Crippen LogP contribution in [0.25, 0.3) is 22.5 Å². The summed E-state index contributed by atoms with van der Waals surface area (Å²) in [5.74, 6) is 1.33. The highest BCUT2D eigenvalue weighted by Gasteiger charge is 2.20. The van der Waals surface area contributed by atoms with E-state index >= 15 is 0 Å².